The summed E-state index contributed by atoms with van der Waals surface area (Å²) >= 11 is 1.48. The first-order valence-corrected chi connectivity index (χ1v) is 8.62. The van der Waals surface area contributed by atoms with Gasteiger partial charge >= 0.3 is 0 Å². The summed E-state index contributed by atoms with van der Waals surface area (Å²) in [5, 5.41) is 10.4. The third-order valence-electron chi connectivity index (χ3n) is 4.40. The second-order valence-electron chi connectivity index (χ2n) is 5.89. The van der Waals surface area contributed by atoms with Crippen LogP contribution in [-0.2, 0) is 4.74 Å². The lowest BCUT2D eigenvalue weighted by molar-refractivity contribution is 0.0299. The molecule has 6 nitrogen and oxygen atoms in total. The first kappa shape index (κ1) is 14.6. The molecule has 1 amide bonds. The van der Waals surface area contributed by atoms with E-state index in [1.54, 1.807) is 0 Å². The minimum atomic E-state index is 0.0377. The highest BCUT2D eigenvalue weighted by molar-refractivity contribution is 7.12. The molecule has 2 aliphatic heterocycles. The van der Waals surface area contributed by atoms with Gasteiger partial charge in [-0.15, -0.1) is 16.4 Å². The predicted molar refractivity (Wildman–Crippen MR) is 87.9 cm³/mol. The molecule has 0 spiro atoms. The number of ether oxygens (including phenoxy) is 1. The topological polar surface area (TPSA) is 58.6 Å². The van der Waals surface area contributed by atoms with Gasteiger partial charge in [0, 0.05) is 19.6 Å². The fraction of sp³-hybridized carbons (Fsp3) is 0.438. The van der Waals surface area contributed by atoms with E-state index in [2.05, 4.69) is 15.1 Å². The zero-order chi connectivity index (χ0) is 15.8. The van der Waals surface area contributed by atoms with Crippen LogP contribution in [0.5, 0.6) is 0 Å². The van der Waals surface area contributed by atoms with Crippen molar-refractivity contribution >= 4 is 23.1 Å². The van der Waals surface area contributed by atoms with Gasteiger partial charge in [0.15, 0.2) is 5.82 Å². The van der Waals surface area contributed by atoms with Gasteiger partial charge in [0.1, 0.15) is 0 Å². The molecule has 2 fully saturated rings. The highest BCUT2D eigenvalue weighted by Gasteiger charge is 2.42. The van der Waals surface area contributed by atoms with E-state index in [1.165, 1.54) is 11.3 Å². The Balaban J connectivity index is 1.54. The number of likely N-dealkylation sites (tertiary alicyclic amines) is 1. The molecular weight excluding hydrogens is 312 g/mol. The first-order valence-electron chi connectivity index (χ1n) is 7.74. The maximum absolute atomic E-state index is 12.6. The second kappa shape index (κ2) is 5.90. The average Bonchev–Trinajstić information content (AvgIpc) is 3.24. The summed E-state index contributed by atoms with van der Waals surface area (Å²) in [5.74, 6) is 0.951. The van der Waals surface area contributed by atoms with Crippen LogP contribution < -0.4 is 4.90 Å². The van der Waals surface area contributed by atoms with Gasteiger partial charge < -0.3 is 14.5 Å². The highest BCUT2D eigenvalue weighted by atomic mass is 32.1. The molecular formula is C16H18N4O2S. The number of amides is 1. The Labute approximate surface area is 138 Å². The third-order valence-corrected chi connectivity index (χ3v) is 5.26. The van der Waals surface area contributed by atoms with Gasteiger partial charge in [0.25, 0.3) is 5.91 Å². The molecule has 0 aliphatic carbocycles. The Morgan fingerprint density at radius 2 is 2.22 bits per heavy atom. The molecule has 0 bridgehead atoms. The van der Waals surface area contributed by atoms with Gasteiger partial charge in [-0.1, -0.05) is 6.07 Å². The Bertz CT molecular complexity index is 689. The monoisotopic (exact) mass is 330 g/mol. The number of fused-ring (bicyclic) bond motifs is 1. The lowest BCUT2D eigenvalue weighted by atomic mass is 10.1. The molecule has 0 unspecified atom stereocenters. The number of carbonyl (C=O) groups excluding carboxylic acids is 1. The molecule has 2 atom stereocenters. The van der Waals surface area contributed by atoms with E-state index in [-0.39, 0.29) is 18.1 Å². The number of morpholine rings is 1. The minimum Gasteiger partial charge on any atom is -0.372 e. The number of hydrogen-bond acceptors (Lipinski definition) is 6. The normalized spacial score (nSPS) is 23.9. The molecule has 2 saturated heterocycles. The largest absolute Gasteiger partial charge is 0.372 e. The Morgan fingerprint density at radius 1 is 1.30 bits per heavy atom. The fourth-order valence-electron chi connectivity index (χ4n) is 3.24. The summed E-state index contributed by atoms with van der Waals surface area (Å²) < 4.78 is 5.89. The zero-order valence-electron chi connectivity index (χ0n) is 12.9. The molecule has 120 valence electrons. The van der Waals surface area contributed by atoms with Crippen LogP contribution >= 0.6 is 11.3 Å². The van der Waals surface area contributed by atoms with E-state index in [1.807, 2.05) is 41.5 Å². The van der Waals surface area contributed by atoms with Crippen LogP contribution in [0.4, 0.5) is 5.82 Å². The van der Waals surface area contributed by atoms with E-state index in [0.29, 0.717) is 19.7 Å². The Hall–Kier alpha value is -1.99. The van der Waals surface area contributed by atoms with Crippen molar-refractivity contribution in [1.29, 1.82) is 0 Å². The van der Waals surface area contributed by atoms with Crippen LogP contribution in [0, 0.1) is 6.92 Å². The summed E-state index contributed by atoms with van der Waals surface area (Å²) in [5.41, 5.74) is 0.902. The lowest BCUT2D eigenvalue weighted by Gasteiger charge is -2.37. The summed E-state index contributed by atoms with van der Waals surface area (Å²) in [7, 11) is 0. The Kier molecular flexibility index (Phi) is 3.74. The van der Waals surface area contributed by atoms with Gasteiger partial charge in [0.2, 0.25) is 0 Å². The van der Waals surface area contributed by atoms with Crippen molar-refractivity contribution < 1.29 is 9.53 Å². The number of anilines is 1. The maximum atomic E-state index is 12.6. The van der Waals surface area contributed by atoms with E-state index < -0.39 is 0 Å². The van der Waals surface area contributed by atoms with Crippen molar-refractivity contribution in [3.05, 3.63) is 40.2 Å². The third kappa shape index (κ3) is 2.70. The first-order chi connectivity index (χ1) is 11.2. The summed E-state index contributed by atoms with van der Waals surface area (Å²) in [6.45, 7) is 4.65. The van der Waals surface area contributed by atoms with Crippen molar-refractivity contribution in [3.63, 3.8) is 0 Å². The SMILES string of the molecule is Cc1ccc(N2CCO[C@H]3CN(C(=O)c4cccs4)C[C@H]32)nn1. The van der Waals surface area contributed by atoms with Crippen molar-refractivity contribution in [2.45, 2.75) is 19.1 Å². The summed E-state index contributed by atoms with van der Waals surface area (Å²) in [6.07, 6.45) is 0.0377. The van der Waals surface area contributed by atoms with Crippen LogP contribution in [0.15, 0.2) is 29.6 Å². The van der Waals surface area contributed by atoms with Crippen molar-refractivity contribution in [2.75, 3.05) is 31.1 Å². The van der Waals surface area contributed by atoms with Crippen LogP contribution in [-0.4, -0.2) is 59.4 Å². The molecule has 7 heteroatoms. The number of rotatable bonds is 2. The van der Waals surface area contributed by atoms with E-state index >= 15 is 0 Å². The molecule has 0 aromatic carbocycles. The van der Waals surface area contributed by atoms with Crippen molar-refractivity contribution in [3.8, 4) is 0 Å². The van der Waals surface area contributed by atoms with Crippen LogP contribution in [0.3, 0.4) is 0 Å². The van der Waals surface area contributed by atoms with Gasteiger partial charge in [-0.05, 0) is 30.5 Å². The van der Waals surface area contributed by atoms with Crippen molar-refractivity contribution in [2.24, 2.45) is 0 Å². The molecule has 2 aromatic rings. The number of thiophene rings is 1. The van der Waals surface area contributed by atoms with Gasteiger partial charge in [-0.3, -0.25) is 4.79 Å². The number of hydrogen-bond donors (Lipinski definition) is 0. The smallest absolute Gasteiger partial charge is 0.264 e. The molecule has 23 heavy (non-hydrogen) atoms. The summed E-state index contributed by atoms with van der Waals surface area (Å²) in [6, 6.07) is 7.89. The van der Waals surface area contributed by atoms with E-state index in [0.717, 1.165) is 22.9 Å². The molecule has 4 rings (SSSR count). The van der Waals surface area contributed by atoms with Crippen LogP contribution in [0.1, 0.15) is 15.4 Å². The Morgan fingerprint density at radius 3 is 2.96 bits per heavy atom. The number of aromatic nitrogens is 2. The molecule has 0 radical (unpaired) electrons. The molecule has 0 N–H and O–H groups in total. The quantitative estimate of drug-likeness (QED) is 0.837. The number of nitrogens with zero attached hydrogens (tertiary/aromatic N) is 4. The average molecular weight is 330 g/mol. The van der Waals surface area contributed by atoms with E-state index in [9.17, 15) is 4.79 Å². The van der Waals surface area contributed by atoms with E-state index in [4.69, 9.17) is 4.74 Å². The highest BCUT2D eigenvalue weighted by Crippen LogP contribution is 2.28. The molecule has 2 aromatic heterocycles. The molecule has 0 saturated carbocycles. The van der Waals surface area contributed by atoms with Crippen molar-refractivity contribution in [1.82, 2.24) is 15.1 Å². The van der Waals surface area contributed by atoms with Gasteiger partial charge in [-0.2, -0.15) is 5.10 Å². The number of aryl methyl sites for hydroxylation is 1. The second-order valence-corrected chi connectivity index (χ2v) is 6.84. The predicted octanol–water partition coefficient (Wildman–Crippen LogP) is 1.58. The maximum Gasteiger partial charge on any atom is 0.264 e. The zero-order valence-corrected chi connectivity index (χ0v) is 13.7. The van der Waals surface area contributed by atoms with Crippen LogP contribution in [0.2, 0.25) is 0 Å². The lowest BCUT2D eigenvalue weighted by Crippen LogP contribution is -2.51. The van der Waals surface area contributed by atoms with Crippen LogP contribution in [0.25, 0.3) is 0 Å². The standard InChI is InChI=1S/C16H18N4O2S/c1-11-4-5-15(18-17-11)20-6-7-22-13-10-19(9-12(13)20)16(21)14-3-2-8-23-14/h2-5,8,12-13H,6-7,9-10H2,1H3/t12-,13+/m1/s1. The van der Waals surface area contributed by atoms with Gasteiger partial charge in [-0.25, -0.2) is 0 Å². The summed E-state index contributed by atoms with van der Waals surface area (Å²) in [4.78, 5) is 17.5. The molecule has 2 aliphatic rings. The molecule has 4 heterocycles. The number of carbonyl (C=O) groups is 1. The van der Waals surface area contributed by atoms with Gasteiger partial charge in [0.05, 0.1) is 29.3 Å². The minimum absolute atomic E-state index is 0.0377. The fourth-order valence-corrected chi connectivity index (χ4v) is 3.93.